The van der Waals surface area contributed by atoms with Gasteiger partial charge in [-0.1, -0.05) is 6.92 Å². The van der Waals surface area contributed by atoms with Crippen molar-refractivity contribution in [2.24, 2.45) is 0 Å². The molecule has 1 aromatic rings. The topological polar surface area (TPSA) is 39.9 Å². The van der Waals surface area contributed by atoms with Gasteiger partial charge < -0.3 is 4.90 Å². The van der Waals surface area contributed by atoms with E-state index in [4.69, 9.17) is 5.26 Å². The van der Waals surface area contributed by atoms with Gasteiger partial charge >= 0.3 is 0 Å². The Kier molecular flexibility index (Phi) is 2.86. The van der Waals surface area contributed by atoms with Crippen LogP contribution in [0.1, 0.15) is 31.7 Å². The van der Waals surface area contributed by atoms with Crippen molar-refractivity contribution in [1.29, 1.82) is 5.26 Å². The molecule has 2 rings (SSSR count). The van der Waals surface area contributed by atoms with Crippen molar-refractivity contribution < 1.29 is 0 Å². The first-order valence-corrected chi connectivity index (χ1v) is 5.48. The summed E-state index contributed by atoms with van der Waals surface area (Å²) in [5, 5.41) is 9.02. The minimum atomic E-state index is 0.618. The van der Waals surface area contributed by atoms with Gasteiger partial charge in [-0.3, -0.25) is 0 Å². The molecule has 0 aliphatic heterocycles. The summed E-state index contributed by atoms with van der Waals surface area (Å²) in [5.74, 6) is 0.865. The highest BCUT2D eigenvalue weighted by Crippen LogP contribution is 2.32. The Morgan fingerprint density at radius 3 is 3.00 bits per heavy atom. The van der Waals surface area contributed by atoms with Crippen LogP contribution in [0, 0.1) is 11.3 Å². The Balaban J connectivity index is 2.28. The highest BCUT2D eigenvalue weighted by Gasteiger charge is 2.30. The second-order valence-corrected chi connectivity index (χ2v) is 3.91. The molecule has 15 heavy (non-hydrogen) atoms. The molecular weight excluding hydrogens is 186 g/mol. The lowest BCUT2D eigenvalue weighted by Gasteiger charge is -2.23. The second-order valence-electron chi connectivity index (χ2n) is 3.91. The molecular formula is C12H15N3. The minimum Gasteiger partial charge on any atom is -0.353 e. The maximum Gasteiger partial charge on any atom is 0.146 e. The van der Waals surface area contributed by atoms with Gasteiger partial charge in [0.2, 0.25) is 0 Å². The van der Waals surface area contributed by atoms with Crippen LogP contribution in [0.2, 0.25) is 0 Å². The number of nitrogens with zero attached hydrogens (tertiary/aromatic N) is 3. The van der Waals surface area contributed by atoms with Crippen LogP contribution in [-0.2, 0) is 0 Å². The van der Waals surface area contributed by atoms with E-state index in [1.165, 1.54) is 12.8 Å². The zero-order valence-electron chi connectivity index (χ0n) is 8.98. The molecule has 1 heterocycles. The third-order valence-corrected chi connectivity index (χ3v) is 2.63. The van der Waals surface area contributed by atoms with Crippen LogP contribution in [-0.4, -0.2) is 17.6 Å². The number of nitriles is 1. The average Bonchev–Trinajstić information content (AvgIpc) is 3.10. The summed E-state index contributed by atoms with van der Waals surface area (Å²) in [5.41, 5.74) is 0.692. The summed E-state index contributed by atoms with van der Waals surface area (Å²) < 4.78 is 0. The molecule has 0 N–H and O–H groups in total. The third-order valence-electron chi connectivity index (χ3n) is 2.63. The number of hydrogen-bond acceptors (Lipinski definition) is 3. The predicted octanol–water partition coefficient (Wildman–Crippen LogP) is 2.33. The molecule has 1 aromatic heterocycles. The molecule has 1 aliphatic carbocycles. The summed E-state index contributed by atoms with van der Waals surface area (Å²) in [7, 11) is 0. The first-order chi connectivity index (χ1) is 7.36. The summed E-state index contributed by atoms with van der Waals surface area (Å²) in [6, 6.07) is 6.49. The number of aromatic nitrogens is 1. The lowest BCUT2D eigenvalue weighted by Crippen LogP contribution is -2.28. The first kappa shape index (κ1) is 9.97. The van der Waals surface area contributed by atoms with E-state index < -0.39 is 0 Å². The number of rotatable bonds is 4. The highest BCUT2D eigenvalue weighted by atomic mass is 15.2. The van der Waals surface area contributed by atoms with Crippen molar-refractivity contribution in [2.75, 3.05) is 11.4 Å². The van der Waals surface area contributed by atoms with Gasteiger partial charge in [-0.25, -0.2) is 4.98 Å². The molecule has 78 valence electrons. The Labute approximate surface area is 90.4 Å². The SMILES string of the molecule is CCCN(c1ncccc1C#N)C1CC1. The standard InChI is InChI=1S/C12H15N3/c1-2-8-15(11-5-6-11)12-10(9-13)4-3-7-14-12/h3-4,7,11H,2,5-6,8H2,1H3. The van der Waals surface area contributed by atoms with Crippen LogP contribution in [0.4, 0.5) is 5.82 Å². The van der Waals surface area contributed by atoms with Crippen molar-refractivity contribution in [3.05, 3.63) is 23.9 Å². The molecule has 3 heteroatoms. The maximum atomic E-state index is 9.02. The smallest absolute Gasteiger partial charge is 0.146 e. The lowest BCUT2D eigenvalue weighted by atomic mass is 10.2. The summed E-state index contributed by atoms with van der Waals surface area (Å²) in [4.78, 5) is 6.61. The van der Waals surface area contributed by atoms with Gasteiger partial charge in [0.1, 0.15) is 11.9 Å². The Morgan fingerprint density at radius 2 is 2.40 bits per heavy atom. The molecule has 0 aromatic carbocycles. The van der Waals surface area contributed by atoms with E-state index in [1.54, 1.807) is 6.20 Å². The number of pyridine rings is 1. The second kappa shape index (κ2) is 4.31. The Hall–Kier alpha value is -1.56. The van der Waals surface area contributed by atoms with Crippen LogP contribution in [0.3, 0.4) is 0 Å². The van der Waals surface area contributed by atoms with Crippen LogP contribution >= 0.6 is 0 Å². The van der Waals surface area contributed by atoms with Gasteiger partial charge in [0.25, 0.3) is 0 Å². The summed E-state index contributed by atoms with van der Waals surface area (Å²) in [6.45, 7) is 3.15. The van der Waals surface area contributed by atoms with Crippen molar-refractivity contribution in [1.82, 2.24) is 4.98 Å². The van der Waals surface area contributed by atoms with Gasteiger partial charge in [0, 0.05) is 18.8 Å². The molecule has 0 spiro atoms. The van der Waals surface area contributed by atoms with Crippen molar-refractivity contribution in [3.8, 4) is 6.07 Å². The molecule has 1 saturated carbocycles. The molecule has 0 bridgehead atoms. The number of anilines is 1. The zero-order valence-corrected chi connectivity index (χ0v) is 8.98. The quantitative estimate of drug-likeness (QED) is 0.750. The van der Waals surface area contributed by atoms with Gasteiger partial charge in [-0.05, 0) is 31.4 Å². The first-order valence-electron chi connectivity index (χ1n) is 5.48. The maximum absolute atomic E-state index is 9.02. The van der Waals surface area contributed by atoms with E-state index >= 15 is 0 Å². The normalized spacial score (nSPS) is 14.7. The van der Waals surface area contributed by atoms with Crippen LogP contribution < -0.4 is 4.90 Å². The summed E-state index contributed by atoms with van der Waals surface area (Å²) in [6.07, 6.45) is 5.34. The van der Waals surface area contributed by atoms with Gasteiger partial charge in [-0.15, -0.1) is 0 Å². The molecule has 0 atom stereocenters. The molecule has 0 amide bonds. The molecule has 0 unspecified atom stereocenters. The van der Waals surface area contributed by atoms with Crippen molar-refractivity contribution >= 4 is 5.82 Å². The predicted molar refractivity (Wildman–Crippen MR) is 59.6 cm³/mol. The van der Waals surface area contributed by atoms with E-state index in [1.807, 2.05) is 12.1 Å². The highest BCUT2D eigenvalue weighted by molar-refractivity contribution is 5.54. The van der Waals surface area contributed by atoms with E-state index in [2.05, 4.69) is 22.9 Å². The lowest BCUT2D eigenvalue weighted by molar-refractivity contribution is 0.749. The summed E-state index contributed by atoms with van der Waals surface area (Å²) >= 11 is 0. The molecule has 0 radical (unpaired) electrons. The van der Waals surface area contributed by atoms with E-state index in [-0.39, 0.29) is 0 Å². The number of hydrogen-bond donors (Lipinski definition) is 0. The van der Waals surface area contributed by atoms with Gasteiger partial charge in [0.15, 0.2) is 0 Å². The molecule has 0 saturated heterocycles. The monoisotopic (exact) mass is 201 g/mol. The van der Waals surface area contributed by atoms with Crippen LogP contribution in [0.15, 0.2) is 18.3 Å². The minimum absolute atomic E-state index is 0.618. The van der Waals surface area contributed by atoms with E-state index in [0.717, 1.165) is 18.8 Å². The van der Waals surface area contributed by atoms with Crippen molar-refractivity contribution in [3.63, 3.8) is 0 Å². The Bertz CT molecular complexity index is 377. The van der Waals surface area contributed by atoms with Gasteiger partial charge in [-0.2, -0.15) is 5.26 Å². The van der Waals surface area contributed by atoms with Crippen LogP contribution in [0.5, 0.6) is 0 Å². The van der Waals surface area contributed by atoms with E-state index in [0.29, 0.717) is 11.6 Å². The van der Waals surface area contributed by atoms with E-state index in [9.17, 15) is 0 Å². The fraction of sp³-hybridized carbons (Fsp3) is 0.500. The van der Waals surface area contributed by atoms with Crippen molar-refractivity contribution in [2.45, 2.75) is 32.2 Å². The molecule has 1 fully saturated rings. The molecule has 3 nitrogen and oxygen atoms in total. The fourth-order valence-electron chi connectivity index (χ4n) is 1.80. The largest absolute Gasteiger partial charge is 0.353 e. The van der Waals surface area contributed by atoms with Crippen LogP contribution in [0.25, 0.3) is 0 Å². The molecule has 1 aliphatic rings. The average molecular weight is 201 g/mol. The zero-order chi connectivity index (χ0) is 10.7. The third kappa shape index (κ3) is 2.10. The Morgan fingerprint density at radius 1 is 1.60 bits per heavy atom. The van der Waals surface area contributed by atoms with Gasteiger partial charge in [0.05, 0.1) is 5.56 Å². The fourth-order valence-corrected chi connectivity index (χ4v) is 1.80.